The molecule has 0 saturated carbocycles. The number of aromatic nitrogens is 1. The van der Waals surface area contributed by atoms with Gasteiger partial charge in [0.05, 0.1) is 22.5 Å². The first kappa shape index (κ1) is 20.3. The van der Waals surface area contributed by atoms with E-state index in [0.717, 1.165) is 29.3 Å². The molecule has 0 spiro atoms. The predicted octanol–water partition coefficient (Wildman–Crippen LogP) is 5.10. The Morgan fingerprint density at radius 2 is 1.79 bits per heavy atom. The number of amides is 1. The lowest BCUT2D eigenvalue weighted by Crippen LogP contribution is -2.21. The lowest BCUT2D eigenvalue weighted by Gasteiger charge is -2.09. The van der Waals surface area contributed by atoms with Crippen LogP contribution in [0.25, 0.3) is 10.9 Å². The number of nitrogens with zero attached hydrogens (tertiary/aromatic N) is 1. The van der Waals surface area contributed by atoms with Crippen LogP contribution in [0.1, 0.15) is 24.0 Å². The fourth-order valence-corrected chi connectivity index (χ4v) is 3.00. The van der Waals surface area contributed by atoms with Crippen molar-refractivity contribution in [2.75, 3.05) is 5.32 Å². The van der Waals surface area contributed by atoms with E-state index in [0.29, 0.717) is 24.2 Å². The smallest absolute Gasteiger partial charge is 0.341 e. The number of rotatable bonds is 7. The van der Waals surface area contributed by atoms with Gasteiger partial charge in [0, 0.05) is 18.1 Å². The van der Waals surface area contributed by atoms with Crippen LogP contribution in [0.3, 0.4) is 0 Å². The van der Waals surface area contributed by atoms with E-state index in [2.05, 4.69) is 5.32 Å². The monoisotopic (exact) mass is 400 g/mol. The van der Waals surface area contributed by atoms with Gasteiger partial charge in [-0.1, -0.05) is 30.3 Å². The van der Waals surface area contributed by atoms with Crippen molar-refractivity contribution in [1.29, 1.82) is 10.8 Å². The summed E-state index contributed by atoms with van der Waals surface area (Å²) >= 11 is 0. The van der Waals surface area contributed by atoms with Crippen molar-refractivity contribution in [2.45, 2.75) is 25.6 Å². The van der Waals surface area contributed by atoms with Gasteiger partial charge < -0.3 is 15.3 Å². The standard InChI is InChI=1S/C21H19F3N4O/c22-21(23,24)15-9-7-14(8-10-15)12-28-13-18(16-4-1-2-6-19(16)28)27-20(29)17(26)5-3-11-25/h1-2,4,6-11,13,25-26H,3,5,12H2,(H,27,29). The number of carbonyl (C=O) groups excluding carboxylic acids is 1. The SMILES string of the molecule is N=CCCC(=N)C(=O)Nc1cn(Cc2ccc(C(F)(F)F)cc2)c2ccccc12. The summed E-state index contributed by atoms with van der Waals surface area (Å²) in [6.07, 6.45) is -1.01. The van der Waals surface area contributed by atoms with Crippen molar-refractivity contribution < 1.29 is 18.0 Å². The molecule has 1 amide bonds. The third-order valence-corrected chi connectivity index (χ3v) is 4.48. The fraction of sp³-hybridized carbons (Fsp3) is 0.190. The first-order valence-corrected chi connectivity index (χ1v) is 8.91. The highest BCUT2D eigenvalue weighted by Gasteiger charge is 2.29. The molecule has 3 rings (SSSR count). The highest BCUT2D eigenvalue weighted by Crippen LogP contribution is 2.30. The molecule has 8 heteroatoms. The Bertz CT molecular complexity index is 1050. The molecule has 0 radical (unpaired) electrons. The highest BCUT2D eigenvalue weighted by molar-refractivity contribution is 6.42. The van der Waals surface area contributed by atoms with Gasteiger partial charge in [-0.2, -0.15) is 13.2 Å². The average Bonchev–Trinajstić information content (AvgIpc) is 3.03. The summed E-state index contributed by atoms with van der Waals surface area (Å²) < 4.78 is 40.1. The van der Waals surface area contributed by atoms with Crippen LogP contribution >= 0.6 is 0 Å². The minimum Gasteiger partial charge on any atom is -0.341 e. The number of para-hydroxylation sites is 1. The summed E-state index contributed by atoms with van der Waals surface area (Å²) in [5.41, 5.74) is 1.21. The lowest BCUT2D eigenvalue weighted by atomic mass is 10.1. The second-order valence-electron chi connectivity index (χ2n) is 6.56. The summed E-state index contributed by atoms with van der Waals surface area (Å²) in [4.78, 5) is 12.2. The molecule has 2 aromatic carbocycles. The minimum atomic E-state index is -4.38. The Kier molecular flexibility index (Phi) is 5.81. The van der Waals surface area contributed by atoms with Crippen LogP contribution in [0.2, 0.25) is 0 Å². The zero-order chi connectivity index (χ0) is 21.0. The Labute approximate surface area is 165 Å². The van der Waals surface area contributed by atoms with E-state index >= 15 is 0 Å². The molecule has 0 fully saturated rings. The van der Waals surface area contributed by atoms with Crippen molar-refractivity contribution in [3.63, 3.8) is 0 Å². The number of nitrogens with one attached hydrogen (secondary N) is 3. The minimum absolute atomic E-state index is 0.118. The molecule has 3 aromatic rings. The van der Waals surface area contributed by atoms with Gasteiger partial charge in [-0.25, -0.2) is 0 Å². The molecule has 0 aliphatic rings. The first-order chi connectivity index (χ1) is 13.8. The van der Waals surface area contributed by atoms with E-state index < -0.39 is 17.6 Å². The molecule has 29 heavy (non-hydrogen) atoms. The average molecular weight is 400 g/mol. The first-order valence-electron chi connectivity index (χ1n) is 8.91. The Morgan fingerprint density at radius 1 is 1.10 bits per heavy atom. The molecule has 0 aliphatic carbocycles. The predicted molar refractivity (Wildman–Crippen MR) is 107 cm³/mol. The van der Waals surface area contributed by atoms with Gasteiger partial charge in [0.2, 0.25) is 0 Å². The van der Waals surface area contributed by atoms with Crippen LogP contribution in [0, 0.1) is 10.8 Å². The maximum Gasteiger partial charge on any atom is 0.416 e. The van der Waals surface area contributed by atoms with Crippen LogP contribution in [-0.2, 0) is 17.5 Å². The molecule has 5 nitrogen and oxygen atoms in total. The molecule has 0 saturated heterocycles. The topological polar surface area (TPSA) is 81.7 Å². The number of anilines is 1. The maximum atomic E-state index is 12.7. The number of carbonyl (C=O) groups is 1. The van der Waals surface area contributed by atoms with Crippen molar-refractivity contribution >= 4 is 34.4 Å². The van der Waals surface area contributed by atoms with Gasteiger partial charge >= 0.3 is 6.18 Å². The summed E-state index contributed by atoms with van der Waals surface area (Å²) in [6.45, 7) is 0.333. The van der Waals surface area contributed by atoms with Crippen molar-refractivity contribution in [1.82, 2.24) is 4.57 Å². The van der Waals surface area contributed by atoms with Crippen molar-refractivity contribution in [3.8, 4) is 0 Å². The zero-order valence-corrected chi connectivity index (χ0v) is 15.4. The van der Waals surface area contributed by atoms with E-state index in [1.807, 2.05) is 28.8 Å². The van der Waals surface area contributed by atoms with Gasteiger partial charge in [0.1, 0.15) is 0 Å². The second kappa shape index (κ2) is 8.30. The number of halogens is 3. The molecular formula is C21H19F3N4O. The largest absolute Gasteiger partial charge is 0.416 e. The fourth-order valence-electron chi connectivity index (χ4n) is 3.00. The number of alkyl halides is 3. The maximum absolute atomic E-state index is 12.7. The third kappa shape index (κ3) is 4.71. The molecule has 0 atom stereocenters. The molecule has 1 heterocycles. The molecule has 0 aliphatic heterocycles. The summed E-state index contributed by atoms with van der Waals surface area (Å²) in [6, 6.07) is 12.3. The summed E-state index contributed by atoms with van der Waals surface area (Å²) in [7, 11) is 0. The van der Waals surface area contributed by atoms with Gasteiger partial charge in [0.25, 0.3) is 5.91 Å². The highest BCUT2D eigenvalue weighted by atomic mass is 19.4. The van der Waals surface area contributed by atoms with Crippen LogP contribution < -0.4 is 5.32 Å². The third-order valence-electron chi connectivity index (χ3n) is 4.48. The van der Waals surface area contributed by atoms with Crippen molar-refractivity contribution in [3.05, 3.63) is 65.9 Å². The Morgan fingerprint density at radius 3 is 2.45 bits per heavy atom. The summed E-state index contributed by atoms with van der Waals surface area (Å²) in [5, 5.41) is 18.3. The van der Waals surface area contributed by atoms with E-state index in [4.69, 9.17) is 10.8 Å². The molecule has 150 valence electrons. The van der Waals surface area contributed by atoms with Gasteiger partial charge in [0.15, 0.2) is 0 Å². The van der Waals surface area contributed by atoms with E-state index in [1.54, 1.807) is 6.20 Å². The number of hydrogen-bond donors (Lipinski definition) is 3. The van der Waals surface area contributed by atoms with E-state index in [-0.39, 0.29) is 12.1 Å². The van der Waals surface area contributed by atoms with E-state index in [1.165, 1.54) is 12.1 Å². The van der Waals surface area contributed by atoms with Crippen LogP contribution in [0.5, 0.6) is 0 Å². The zero-order valence-electron chi connectivity index (χ0n) is 15.4. The molecule has 0 bridgehead atoms. The molecular weight excluding hydrogens is 381 g/mol. The number of hydrogen-bond acceptors (Lipinski definition) is 3. The summed E-state index contributed by atoms with van der Waals surface area (Å²) in [5.74, 6) is -0.538. The van der Waals surface area contributed by atoms with Gasteiger partial charge in [-0.3, -0.25) is 10.2 Å². The normalized spacial score (nSPS) is 11.4. The Hall–Kier alpha value is -3.42. The second-order valence-corrected chi connectivity index (χ2v) is 6.56. The van der Waals surface area contributed by atoms with Crippen LogP contribution in [-0.4, -0.2) is 22.4 Å². The molecule has 3 N–H and O–H groups in total. The number of fused-ring (bicyclic) bond motifs is 1. The lowest BCUT2D eigenvalue weighted by molar-refractivity contribution is -0.137. The number of benzene rings is 2. The van der Waals surface area contributed by atoms with Gasteiger partial charge in [-0.05, 0) is 42.8 Å². The van der Waals surface area contributed by atoms with Crippen LogP contribution in [0.4, 0.5) is 18.9 Å². The Balaban J connectivity index is 1.85. The quantitative estimate of drug-likeness (QED) is 0.474. The van der Waals surface area contributed by atoms with E-state index in [9.17, 15) is 18.0 Å². The molecule has 0 unspecified atom stereocenters. The van der Waals surface area contributed by atoms with Gasteiger partial charge in [-0.15, -0.1) is 0 Å². The van der Waals surface area contributed by atoms with Crippen LogP contribution in [0.15, 0.2) is 54.7 Å². The molecule has 1 aromatic heterocycles. The van der Waals surface area contributed by atoms with Crippen molar-refractivity contribution in [2.24, 2.45) is 0 Å².